The molecular formula is C11H19N5O. The lowest BCUT2D eigenvalue weighted by atomic mass is 10.3. The third-order valence-corrected chi connectivity index (χ3v) is 3.19. The Morgan fingerprint density at radius 3 is 2.59 bits per heavy atom. The summed E-state index contributed by atoms with van der Waals surface area (Å²) in [4.78, 5) is 13.9. The first-order valence-electron chi connectivity index (χ1n) is 5.87. The van der Waals surface area contributed by atoms with E-state index in [1.54, 1.807) is 4.68 Å². The zero-order valence-electron chi connectivity index (χ0n) is 10.4. The Kier molecular flexibility index (Phi) is 3.33. The highest BCUT2D eigenvalue weighted by Crippen LogP contribution is 2.14. The van der Waals surface area contributed by atoms with Gasteiger partial charge in [-0.05, 0) is 13.8 Å². The van der Waals surface area contributed by atoms with E-state index >= 15 is 0 Å². The van der Waals surface area contributed by atoms with E-state index in [-0.39, 0.29) is 12.5 Å². The van der Waals surface area contributed by atoms with Gasteiger partial charge in [0.1, 0.15) is 6.54 Å². The number of nitrogens with two attached hydrogens (primary N) is 1. The van der Waals surface area contributed by atoms with E-state index in [2.05, 4.69) is 10.4 Å². The van der Waals surface area contributed by atoms with Gasteiger partial charge in [-0.3, -0.25) is 9.48 Å². The first-order valence-corrected chi connectivity index (χ1v) is 5.87. The van der Waals surface area contributed by atoms with Crippen LogP contribution in [-0.2, 0) is 11.3 Å². The van der Waals surface area contributed by atoms with Gasteiger partial charge in [-0.2, -0.15) is 5.10 Å². The largest absolute Gasteiger partial charge is 0.396 e. The molecule has 3 N–H and O–H groups in total. The van der Waals surface area contributed by atoms with Gasteiger partial charge in [0.15, 0.2) is 0 Å². The van der Waals surface area contributed by atoms with Gasteiger partial charge in [0.05, 0.1) is 17.1 Å². The number of aromatic nitrogens is 2. The smallest absolute Gasteiger partial charge is 0.244 e. The molecule has 1 aromatic rings. The molecule has 6 heteroatoms. The number of anilines is 1. The number of nitrogens with zero attached hydrogens (tertiary/aromatic N) is 3. The van der Waals surface area contributed by atoms with Gasteiger partial charge in [-0.15, -0.1) is 0 Å². The number of rotatable bonds is 2. The maximum atomic E-state index is 12.0. The molecule has 0 radical (unpaired) electrons. The molecule has 0 atom stereocenters. The summed E-state index contributed by atoms with van der Waals surface area (Å²) < 4.78 is 1.69. The molecule has 0 spiro atoms. The summed E-state index contributed by atoms with van der Waals surface area (Å²) in [7, 11) is 0. The second kappa shape index (κ2) is 4.75. The number of piperazine rings is 1. The van der Waals surface area contributed by atoms with Crippen LogP contribution in [0.25, 0.3) is 0 Å². The Bertz CT molecular complexity index is 420. The zero-order valence-corrected chi connectivity index (χ0v) is 10.4. The van der Waals surface area contributed by atoms with Crippen LogP contribution in [0, 0.1) is 13.8 Å². The summed E-state index contributed by atoms with van der Waals surface area (Å²) in [6, 6.07) is 0. The number of amides is 1. The van der Waals surface area contributed by atoms with Gasteiger partial charge in [0.25, 0.3) is 0 Å². The second-order valence-corrected chi connectivity index (χ2v) is 4.37. The Labute approximate surface area is 101 Å². The molecule has 0 saturated carbocycles. The minimum absolute atomic E-state index is 0.108. The van der Waals surface area contributed by atoms with Crippen LogP contribution in [-0.4, -0.2) is 46.8 Å². The minimum Gasteiger partial charge on any atom is -0.396 e. The quantitative estimate of drug-likeness (QED) is 0.728. The van der Waals surface area contributed by atoms with Crippen LogP contribution in [0.5, 0.6) is 0 Å². The summed E-state index contributed by atoms with van der Waals surface area (Å²) in [5.74, 6) is 0.108. The van der Waals surface area contributed by atoms with Crippen molar-refractivity contribution in [1.29, 1.82) is 0 Å². The summed E-state index contributed by atoms with van der Waals surface area (Å²) in [6.45, 7) is 7.30. The highest BCUT2D eigenvalue weighted by Gasteiger charge is 2.18. The predicted octanol–water partition coefficient (Wildman–Crippen LogP) is -0.486. The Morgan fingerprint density at radius 1 is 1.41 bits per heavy atom. The van der Waals surface area contributed by atoms with E-state index in [0.717, 1.165) is 37.6 Å². The van der Waals surface area contributed by atoms with Gasteiger partial charge >= 0.3 is 0 Å². The number of nitrogen functional groups attached to an aromatic ring is 1. The number of carbonyl (C=O) groups excluding carboxylic acids is 1. The van der Waals surface area contributed by atoms with Crippen molar-refractivity contribution in [2.75, 3.05) is 31.9 Å². The molecule has 17 heavy (non-hydrogen) atoms. The molecule has 1 aromatic heterocycles. The van der Waals surface area contributed by atoms with E-state index in [4.69, 9.17) is 5.73 Å². The lowest BCUT2D eigenvalue weighted by molar-refractivity contribution is -0.132. The molecule has 0 aromatic carbocycles. The summed E-state index contributed by atoms with van der Waals surface area (Å²) in [6.07, 6.45) is 0. The standard InChI is InChI=1S/C11H19N5O/c1-8-11(12)9(2)16(14-8)7-10(17)15-5-3-13-4-6-15/h13H,3-7,12H2,1-2H3. The minimum atomic E-state index is 0.108. The summed E-state index contributed by atoms with van der Waals surface area (Å²) >= 11 is 0. The van der Waals surface area contributed by atoms with Crippen molar-refractivity contribution in [2.45, 2.75) is 20.4 Å². The molecular weight excluding hydrogens is 218 g/mol. The number of hydrogen-bond acceptors (Lipinski definition) is 4. The number of nitrogens with one attached hydrogen (secondary N) is 1. The zero-order chi connectivity index (χ0) is 12.4. The molecule has 94 valence electrons. The monoisotopic (exact) mass is 237 g/mol. The van der Waals surface area contributed by atoms with Crippen LogP contribution >= 0.6 is 0 Å². The average molecular weight is 237 g/mol. The van der Waals surface area contributed by atoms with Crippen molar-refractivity contribution in [2.24, 2.45) is 0 Å². The summed E-state index contributed by atoms with van der Waals surface area (Å²) in [5.41, 5.74) is 8.17. The Balaban J connectivity index is 2.04. The van der Waals surface area contributed by atoms with Crippen LogP contribution in [0.1, 0.15) is 11.4 Å². The van der Waals surface area contributed by atoms with Crippen molar-refractivity contribution in [1.82, 2.24) is 20.0 Å². The van der Waals surface area contributed by atoms with Gasteiger partial charge in [0.2, 0.25) is 5.91 Å². The molecule has 2 heterocycles. The molecule has 1 aliphatic heterocycles. The third kappa shape index (κ3) is 2.41. The SMILES string of the molecule is Cc1nn(CC(=O)N2CCNCC2)c(C)c1N. The van der Waals surface area contributed by atoms with E-state index in [0.29, 0.717) is 5.69 Å². The molecule has 0 aliphatic carbocycles. The molecule has 1 aliphatic rings. The second-order valence-electron chi connectivity index (χ2n) is 4.37. The third-order valence-electron chi connectivity index (χ3n) is 3.19. The van der Waals surface area contributed by atoms with Gasteiger partial charge in [0, 0.05) is 26.2 Å². The van der Waals surface area contributed by atoms with E-state index < -0.39 is 0 Å². The lowest BCUT2D eigenvalue weighted by Crippen LogP contribution is -2.47. The number of aryl methyl sites for hydroxylation is 1. The van der Waals surface area contributed by atoms with Crippen LogP contribution < -0.4 is 11.1 Å². The van der Waals surface area contributed by atoms with Gasteiger partial charge in [-0.25, -0.2) is 0 Å². The fourth-order valence-corrected chi connectivity index (χ4v) is 2.01. The van der Waals surface area contributed by atoms with E-state index in [1.807, 2.05) is 18.7 Å². The maximum absolute atomic E-state index is 12.0. The normalized spacial score (nSPS) is 16.2. The first-order chi connectivity index (χ1) is 8.09. The summed E-state index contributed by atoms with van der Waals surface area (Å²) in [5, 5.41) is 7.49. The fraction of sp³-hybridized carbons (Fsp3) is 0.636. The van der Waals surface area contributed by atoms with Crippen molar-refractivity contribution in [3.8, 4) is 0 Å². The van der Waals surface area contributed by atoms with Crippen molar-refractivity contribution < 1.29 is 4.79 Å². The molecule has 1 amide bonds. The predicted molar refractivity (Wildman–Crippen MR) is 65.6 cm³/mol. The molecule has 2 rings (SSSR count). The fourth-order valence-electron chi connectivity index (χ4n) is 2.01. The molecule has 1 saturated heterocycles. The van der Waals surface area contributed by atoms with Gasteiger partial charge < -0.3 is 16.0 Å². The average Bonchev–Trinajstić information content (AvgIpc) is 2.58. The highest BCUT2D eigenvalue weighted by atomic mass is 16.2. The topological polar surface area (TPSA) is 76.2 Å². The Hall–Kier alpha value is -1.56. The molecule has 1 fully saturated rings. The Morgan fingerprint density at radius 2 is 2.06 bits per heavy atom. The van der Waals surface area contributed by atoms with Crippen LogP contribution in [0.4, 0.5) is 5.69 Å². The van der Waals surface area contributed by atoms with Crippen molar-refractivity contribution in [3.05, 3.63) is 11.4 Å². The number of hydrogen-bond donors (Lipinski definition) is 2. The van der Waals surface area contributed by atoms with E-state index in [1.165, 1.54) is 0 Å². The highest BCUT2D eigenvalue weighted by molar-refractivity contribution is 5.76. The van der Waals surface area contributed by atoms with Crippen LogP contribution in [0.2, 0.25) is 0 Å². The van der Waals surface area contributed by atoms with Crippen LogP contribution in [0.15, 0.2) is 0 Å². The van der Waals surface area contributed by atoms with Gasteiger partial charge in [-0.1, -0.05) is 0 Å². The number of carbonyl (C=O) groups is 1. The molecule has 0 bridgehead atoms. The lowest BCUT2D eigenvalue weighted by Gasteiger charge is -2.27. The maximum Gasteiger partial charge on any atom is 0.244 e. The van der Waals surface area contributed by atoms with Crippen molar-refractivity contribution in [3.63, 3.8) is 0 Å². The van der Waals surface area contributed by atoms with E-state index in [9.17, 15) is 4.79 Å². The van der Waals surface area contributed by atoms with Crippen molar-refractivity contribution >= 4 is 11.6 Å². The first kappa shape index (κ1) is 11.9. The molecule has 0 unspecified atom stereocenters. The molecule has 6 nitrogen and oxygen atoms in total. The van der Waals surface area contributed by atoms with Crippen LogP contribution in [0.3, 0.4) is 0 Å².